The molecule has 2 atom stereocenters. The molecule has 6 nitrogen and oxygen atoms in total. The van der Waals surface area contributed by atoms with Crippen LogP contribution in [0.5, 0.6) is 0 Å². The molecule has 2 N–H and O–H groups in total. The smallest absolute Gasteiger partial charge is 0.133 e. The average molecular weight is 305 g/mol. The van der Waals surface area contributed by atoms with Gasteiger partial charge in [0.05, 0.1) is 17.8 Å². The molecule has 1 fully saturated rings. The molecular formula is C16H27N5O. The highest BCUT2D eigenvalue weighted by Gasteiger charge is 2.32. The van der Waals surface area contributed by atoms with Gasteiger partial charge >= 0.3 is 0 Å². The summed E-state index contributed by atoms with van der Waals surface area (Å²) in [5.74, 6) is 1.86. The second kappa shape index (κ2) is 6.89. The zero-order chi connectivity index (χ0) is 15.5. The lowest BCUT2D eigenvalue weighted by Crippen LogP contribution is -2.35. The van der Waals surface area contributed by atoms with E-state index in [1.807, 2.05) is 6.92 Å². The molecule has 0 aromatic carbocycles. The van der Waals surface area contributed by atoms with Gasteiger partial charge in [-0.25, -0.2) is 9.97 Å². The minimum absolute atomic E-state index is 0.227. The van der Waals surface area contributed by atoms with Crippen LogP contribution >= 0.6 is 0 Å². The number of likely N-dealkylation sites (N-methyl/N-ethyl adjacent to an activating group) is 1. The lowest BCUT2D eigenvalue weighted by atomic mass is 10.1. The highest BCUT2D eigenvalue weighted by molar-refractivity contribution is 5.49. The zero-order valence-corrected chi connectivity index (χ0v) is 13.9. The van der Waals surface area contributed by atoms with Crippen LogP contribution in [0.4, 0.5) is 5.82 Å². The second-order valence-corrected chi connectivity index (χ2v) is 6.26. The number of aromatic nitrogens is 2. The number of hydrogen-bond donors (Lipinski definition) is 2. The fourth-order valence-electron chi connectivity index (χ4n) is 3.45. The fourth-order valence-corrected chi connectivity index (χ4v) is 3.45. The van der Waals surface area contributed by atoms with Gasteiger partial charge in [0.15, 0.2) is 0 Å². The molecule has 0 unspecified atom stereocenters. The average Bonchev–Trinajstić information content (AvgIpc) is 2.68. The van der Waals surface area contributed by atoms with Gasteiger partial charge in [-0.3, -0.25) is 0 Å². The number of nitrogens with one attached hydrogen (secondary N) is 2. The van der Waals surface area contributed by atoms with Crippen molar-refractivity contribution in [3.63, 3.8) is 0 Å². The topological polar surface area (TPSA) is 62.3 Å². The molecule has 1 aromatic rings. The number of hydrogen-bond acceptors (Lipinski definition) is 6. The molecule has 2 aliphatic heterocycles. The highest BCUT2D eigenvalue weighted by Crippen LogP contribution is 2.23. The van der Waals surface area contributed by atoms with Crippen LogP contribution < -0.4 is 10.6 Å². The summed E-state index contributed by atoms with van der Waals surface area (Å²) in [6.45, 7) is 8.73. The Labute approximate surface area is 132 Å². The van der Waals surface area contributed by atoms with Gasteiger partial charge < -0.3 is 20.3 Å². The molecule has 1 aromatic heterocycles. The van der Waals surface area contributed by atoms with Gasteiger partial charge in [0.2, 0.25) is 0 Å². The number of ether oxygens (including phenoxy) is 1. The van der Waals surface area contributed by atoms with E-state index < -0.39 is 0 Å². The van der Waals surface area contributed by atoms with E-state index in [1.165, 1.54) is 11.3 Å². The number of anilines is 1. The van der Waals surface area contributed by atoms with Crippen LogP contribution in [0.2, 0.25) is 0 Å². The van der Waals surface area contributed by atoms with Crippen molar-refractivity contribution < 1.29 is 4.74 Å². The maximum Gasteiger partial charge on any atom is 0.133 e. The summed E-state index contributed by atoms with van der Waals surface area (Å²) in [6.07, 6.45) is 2.19. The molecule has 1 saturated heterocycles. The highest BCUT2D eigenvalue weighted by atomic mass is 16.5. The summed E-state index contributed by atoms with van der Waals surface area (Å²) < 4.78 is 5.90. The zero-order valence-electron chi connectivity index (χ0n) is 13.9. The Morgan fingerprint density at radius 2 is 2.09 bits per heavy atom. The van der Waals surface area contributed by atoms with Gasteiger partial charge in [0, 0.05) is 38.2 Å². The normalized spacial score (nSPS) is 25.8. The third-order valence-electron chi connectivity index (χ3n) is 4.45. The molecule has 3 rings (SSSR count). The third-order valence-corrected chi connectivity index (χ3v) is 4.45. The van der Waals surface area contributed by atoms with Crippen LogP contribution in [0.3, 0.4) is 0 Å². The number of aryl methyl sites for hydroxylation is 1. The molecule has 122 valence electrons. The largest absolute Gasteiger partial charge is 0.375 e. The molecule has 0 radical (unpaired) electrons. The Hall–Kier alpha value is -1.24. The standard InChI is InChI=1S/C16H27N5O/c1-4-22-15-10-21(3)9-14(15)20-16-12-5-7-17-8-6-13(12)18-11(2)19-16/h14-15,17H,4-10H2,1-3H3,(H,18,19,20)/t14-,15-/m0/s1. The Bertz CT molecular complexity index is 522. The first-order valence-corrected chi connectivity index (χ1v) is 8.31. The second-order valence-electron chi connectivity index (χ2n) is 6.26. The van der Waals surface area contributed by atoms with E-state index in [0.29, 0.717) is 6.04 Å². The van der Waals surface area contributed by atoms with Crippen molar-refractivity contribution in [2.75, 3.05) is 45.2 Å². The van der Waals surface area contributed by atoms with Gasteiger partial charge in [-0.2, -0.15) is 0 Å². The van der Waals surface area contributed by atoms with Gasteiger partial charge in [-0.15, -0.1) is 0 Å². The van der Waals surface area contributed by atoms with Crippen molar-refractivity contribution in [3.05, 3.63) is 17.1 Å². The number of likely N-dealkylation sites (tertiary alicyclic amines) is 1. The summed E-state index contributed by atoms with van der Waals surface area (Å²) in [6, 6.07) is 0.291. The molecule has 6 heteroatoms. The van der Waals surface area contributed by atoms with Crippen molar-refractivity contribution in [3.8, 4) is 0 Å². The lowest BCUT2D eigenvalue weighted by Gasteiger charge is -2.22. The number of nitrogens with zero attached hydrogens (tertiary/aromatic N) is 3. The molecule has 0 amide bonds. The molecule has 2 aliphatic rings. The van der Waals surface area contributed by atoms with Gasteiger partial charge in [-0.1, -0.05) is 0 Å². The summed E-state index contributed by atoms with van der Waals surface area (Å²) in [7, 11) is 2.14. The van der Waals surface area contributed by atoms with Crippen LogP contribution in [0.25, 0.3) is 0 Å². The summed E-state index contributed by atoms with van der Waals surface area (Å²) >= 11 is 0. The molecule has 22 heavy (non-hydrogen) atoms. The number of fused-ring (bicyclic) bond motifs is 1. The first kappa shape index (κ1) is 15.6. The maximum absolute atomic E-state index is 5.90. The monoisotopic (exact) mass is 305 g/mol. The Balaban J connectivity index is 1.83. The summed E-state index contributed by atoms with van der Waals surface area (Å²) in [4.78, 5) is 11.6. The molecule has 0 saturated carbocycles. The van der Waals surface area contributed by atoms with E-state index in [4.69, 9.17) is 4.74 Å². The van der Waals surface area contributed by atoms with E-state index in [-0.39, 0.29) is 6.10 Å². The van der Waals surface area contributed by atoms with E-state index in [9.17, 15) is 0 Å². The Morgan fingerprint density at radius 3 is 2.91 bits per heavy atom. The van der Waals surface area contributed by atoms with Crippen molar-refractivity contribution >= 4 is 5.82 Å². The molecule has 3 heterocycles. The van der Waals surface area contributed by atoms with Gasteiger partial charge in [-0.05, 0) is 33.9 Å². The predicted molar refractivity (Wildman–Crippen MR) is 87.4 cm³/mol. The van der Waals surface area contributed by atoms with Gasteiger partial charge in [0.1, 0.15) is 11.6 Å². The Kier molecular flexibility index (Phi) is 4.90. The van der Waals surface area contributed by atoms with Crippen LogP contribution in [-0.2, 0) is 17.6 Å². The minimum Gasteiger partial charge on any atom is -0.375 e. The Morgan fingerprint density at radius 1 is 1.27 bits per heavy atom. The summed E-state index contributed by atoms with van der Waals surface area (Å²) in [5.41, 5.74) is 2.47. The van der Waals surface area contributed by atoms with E-state index in [1.54, 1.807) is 0 Å². The first-order chi connectivity index (χ1) is 10.7. The van der Waals surface area contributed by atoms with Gasteiger partial charge in [0.25, 0.3) is 0 Å². The quantitative estimate of drug-likeness (QED) is 0.850. The molecule has 0 spiro atoms. The lowest BCUT2D eigenvalue weighted by molar-refractivity contribution is 0.0652. The van der Waals surface area contributed by atoms with E-state index >= 15 is 0 Å². The minimum atomic E-state index is 0.227. The predicted octanol–water partition coefficient (Wildman–Crippen LogP) is 0.604. The summed E-state index contributed by atoms with van der Waals surface area (Å²) in [5, 5.41) is 7.10. The number of rotatable bonds is 4. The molecular weight excluding hydrogens is 278 g/mol. The molecule has 0 bridgehead atoms. The SMILES string of the molecule is CCO[C@H]1CN(C)C[C@@H]1Nc1nc(C)nc2c1CCNCC2. The van der Waals surface area contributed by atoms with Crippen LogP contribution in [0, 0.1) is 6.92 Å². The van der Waals surface area contributed by atoms with Crippen molar-refractivity contribution in [1.29, 1.82) is 0 Å². The van der Waals surface area contributed by atoms with Crippen molar-refractivity contribution in [2.45, 2.75) is 38.8 Å². The van der Waals surface area contributed by atoms with Crippen molar-refractivity contribution in [2.24, 2.45) is 0 Å². The van der Waals surface area contributed by atoms with E-state index in [2.05, 4.69) is 39.5 Å². The van der Waals surface area contributed by atoms with Crippen LogP contribution in [0.1, 0.15) is 24.0 Å². The fraction of sp³-hybridized carbons (Fsp3) is 0.750. The third kappa shape index (κ3) is 3.39. The first-order valence-electron chi connectivity index (χ1n) is 8.31. The van der Waals surface area contributed by atoms with Crippen molar-refractivity contribution in [1.82, 2.24) is 20.2 Å². The molecule has 0 aliphatic carbocycles. The van der Waals surface area contributed by atoms with Crippen LogP contribution in [-0.4, -0.2) is 66.8 Å². The van der Waals surface area contributed by atoms with Crippen LogP contribution in [0.15, 0.2) is 0 Å². The van der Waals surface area contributed by atoms with E-state index in [0.717, 1.165) is 57.3 Å². The maximum atomic E-state index is 5.90.